The van der Waals surface area contributed by atoms with Crippen molar-refractivity contribution in [1.82, 2.24) is 25.2 Å². The third-order valence-corrected chi connectivity index (χ3v) is 7.83. The van der Waals surface area contributed by atoms with E-state index >= 15 is 0 Å². The molecule has 202 valence electrons. The topological polar surface area (TPSA) is 88.4 Å². The van der Waals surface area contributed by atoms with Crippen LogP contribution in [0.3, 0.4) is 0 Å². The molecule has 2 aromatic heterocycles. The number of halogens is 2. The average molecular weight is 524 g/mol. The van der Waals surface area contributed by atoms with Gasteiger partial charge in [0.25, 0.3) is 5.91 Å². The molecule has 0 saturated heterocycles. The first kappa shape index (κ1) is 26.3. The minimum absolute atomic E-state index is 0.0291. The molecule has 2 N–H and O–H groups in total. The third kappa shape index (κ3) is 5.87. The molecule has 2 heterocycles. The van der Waals surface area contributed by atoms with Gasteiger partial charge in [-0.1, -0.05) is 25.1 Å². The van der Waals surface area contributed by atoms with Crippen LogP contribution >= 0.6 is 0 Å². The lowest BCUT2D eigenvalue weighted by Gasteiger charge is -2.33. The minimum Gasteiger partial charge on any atom is -0.349 e. The molecule has 0 spiro atoms. The Morgan fingerprint density at radius 1 is 1.08 bits per heavy atom. The van der Waals surface area contributed by atoms with Crippen molar-refractivity contribution >= 4 is 17.5 Å². The molecule has 2 amide bonds. The Morgan fingerprint density at radius 2 is 1.79 bits per heavy atom. The van der Waals surface area contributed by atoms with Gasteiger partial charge in [0.2, 0.25) is 11.8 Å². The summed E-state index contributed by atoms with van der Waals surface area (Å²) in [5.74, 6) is -2.67. The first-order valence-corrected chi connectivity index (χ1v) is 13.6. The molecular formula is C29H35F2N5O2. The predicted octanol–water partition coefficient (Wildman–Crippen LogP) is 5.70. The fourth-order valence-electron chi connectivity index (χ4n) is 5.48. The number of nitrogens with one attached hydrogen (secondary N) is 2. The van der Waals surface area contributed by atoms with E-state index in [-0.39, 0.29) is 36.6 Å². The zero-order valence-electron chi connectivity index (χ0n) is 21.9. The van der Waals surface area contributed by atoms with Crippen molar-refractivity contribution in [3.05, 3.63) is 65.1 Å². The van der Waals surface area contributed by atoms with Gasteiger partial charge < -0.3 is 10.6 Å². The summed E-state index contributed by atoms with van der Waals surface area (Å²) in [6, 6.07) is 8.62. The standard InChI is InChI=1S/C29H35F2N5O2/c1-3-6-25(37)34-26(19-9-10-19)21-15-24-33-23(17-36(24)32-16-21)27(20-11-13-29(30,31)14-12-20)35-28(38)22-8-5-4-7-18(22)2/h4-5,7-8,15-17,19-20,26-27H,3,6,9-14H2,1-2H3,(H,34,37)(H,35,38)/t26-,27+/m1/s1. The van der Waals surface area contributed by atoms with Gasteiger partial charge in [0.15, 0.2) is 5.65 Å². The normalized spacial score (nSPS) is 19.2. The highest BCUT2D eigenvalue weighted by Gasteiger charge is 2.39. The summed E-state index contributed by atoms with van der Waals surface area (Å²) in [6.45, 7) is 3.85. The van der Waals surface area contributed by atoms with E-state index in [1.165, 1.54) is 0 Å². The van der Waals surface area contributed by atoms with Crippen LogP contribution in [0.5, 0.6) is 0 Å². The molecule has 2 fully saturated rings. The number of nitrogens with zero attached hydrogens (tertiary/aromatic N) is 3. The monoisotopic (exact) mass is 523 g/mol. The molecule has 9 heteroatoms. The Balaban J connectivity index is 1.44. The van der Waals surface area contributed by atoms with E-state index in [0.717, 1.165) is 30.4 Å². The number of carbonyl (C=O) groups is 2. The number of amides is 2. The minimum atomic E-state index is -2.67. The van der Waals surface area contributed by atoms with Gasteiger partial charge in [-0.15, -0.1) is 0 Å². The molecule has 2 aliphatic carbocycles. The maximum atomic E-state index is 14.0. The second kappa shape index (κ2) is 10.8. The Hall–Kier alpha value is -3.36. The number of rotatable bonds is 9. The van der Waals surface area contributed by atoms with Crippen molar-refractivity contribution in [2.24, 2.45) is 11.8 Å². The summed E-state index contributed by atoms with van der Waals surface area (Å²) < 4.78 is 29.6. The number of hydrogen-bond acceptors (Lipinski definition) is 4. The molecule has 2 saturated carbocycles. The number of alkyl halides is 2. The van der Waals surface area contributed by atoms with Gasteiger partial charge in [0, 0.05) is 24.8 Å². The molecule has 0 aliphatic heterocycles. The van der Waals surface area contributed by atoms with Crippen LogP contribution in [0.25, 0.3) is 5.65 Å². The van der Waals surface area contributed by atoms with Crippen molar-refractivity contribution in [3.8, 4) is 0 Å². The van der Waals surface area contributed by atoms with Crippen molar-refractivity contribution in [1.29, 1.82) is 0 Å². The SMILES string of the molecule is CCCC(=O)N[C@@H](c1cnn2cc([C@@H](NC(=O)c3ccccc3C)C3CCC(F)(F)CC3)nc2c1)C1CC1. The lowest BCUT2D eigenvalue weighted by molar-refractivity contribution is -0.122. The zero-order valence-corrected chi connectivity index (χ0v) is 21.9. The van der Waals surface area contributed by atoms with Gasteiger partial charge in [-0.05, 0) is 74.1 Å². The van der Waals surface area contributed by atoms with Crippen LogP contribution in [-0.2, 0) is 4.79 Å². The molecule has 0 radical (unpaired) electrons. The molecule has 0 bridgehead atoms. The van der Waals surface area contributed by atoms with Gasteiger partial charge in [-0.25, -0.2) is 18.3 Å². The van der Waals surface area contributed by atoms with E-state index in [2.05, 4.69) is 15.7 Å². The van der Waals surface area contributed by atoms with Crippen molar-refractivity contribution in [2.75, 3.05) is 0 Å². The van der Waals surface area contributed by atoms with E-state index in [9.17, 15) is 18.4 Å². The number of aromatic nitrogens is 3. The largest absolute Gasteiger partial charge is 0.349 e. The molecule has 3 aromatic rings. The van der Waals surface area contributed by atoms with Gasteiger partial charge in [-0.2, -0.15) is 5.10 Å². The van der Waals surface area contributed by atoms with Crippen molar-refractivity contribution in [2.45, 2.75) is 83.2 Å². The Kier molecular flexibility index (Phi) is 7.45. The number of carbonyl (C=O) groups excluding carboxylic acids is 2. The van der Waals surface area contributed by atoms with Crippen LogP contribution < -0.4 is 10.6 Å². The predicted molar refractivity (Wildman–Crippen MR) is 140 cm³/mol. The Bertz CT molecular complexity index is 1310. The molecular weight excluding hydrogens is 488 g/mol. The number of fused-ring (bicyclic) bond motifs is 1. The van der Waals surface area contributed by atoms with Crippen LogP contribution in [0.4, 0.5) is 8.78 Å². The van der Waals surface area contributed by atoms with E-state index < -0.39 is 12.0 Å². The number of benzene rings is 1. The lowest BCUT2D eigenvalue weighted by atomic mass is 9.81. The molecule has 2 aliphatic rings. The van der Waals surface area contributed by atoms with E-state index in [4.69, 9.17) is 4.98 Å². The molecule has 38 heavy (non-hydrogen) atoms. The van der Waals surface area contributed by atoms with E-state index in [1.807, 2.05) is 38.1 Å². The van der Waals surface area contributed by atoms with Gasteiger partial charge in [0.05, 0.1) is 30.2 Å². The molecule has 5 rings (SSSR count). The van der Waals surface area contributed by atoms with Crippen LogP contribution in [-0.4, -0.2) is 32.3 Å². The van der Waals surface area contributed by atoms with Crippen LogP contribution in [0.2, 0.25) is 0 Å². The smallest absolute Gasteiger partial charge is 0.252 e. The van der Waals surface area contributed by atoms with E-state index in [1.54, 1.807) is 23.0 Å². The maximum absolute atomic E-state index is 14.0. The maximum Gasteiger partial charge on any atom is 0.252 e. The third-order valence-electron chi connectivity index (χ3n) is 7.83. The van der Waals surface area contributed by atoms with Crippen molar-refractivity contribution < 1.29 is 18.4 Å². The summed E-state index contributed by atoms with van der Waals surface area (Å²) in [5, 5.41) is 10.8. The molecule has 0 unspecified atom stereocenters. The first-order chi connectivity index (χ1) is 18.2. The Morgan fingerprint density at radius 3 is 2.47 bits per heavy atom. The fourth-order valence-corrected chi connectivity index (χ4v) is 5.48. The first-order valence-electron chi connectivity index (χ1n) is 13.6. The van der Waals surface area contributed by atoms with Crippen molar-refractivity contribution in [3.63, 3.8) is 0 Å². The van der Waals surface area contributed by atoms with Crippen LogP contribution in [0.15, 0.2) is 42.7 Å². The summed E-state index contributed by atoms with van der Waals surface area (Å²) in [5.41, 5.74) is 3.50. The fraction of sp³-hybridized carbons (Fsp3) is 0.517. The molecule has 2 atom stereocenters. The Labute approximate surface area is 221 Å². The van der Waals surface area contributed by atoms with Gasteiger partial charge >= 0.3 is 0 Å². The molecule has 7 nitrogen and oxygen atoms in total. The lowest BCUT2D eigenvalue weighted by Crippen LogP contribution is -2.37. The number of aryl methyl sites for hydroxylation is 1. The zero-order chi connectivity index (χ0) is 26.9. The quantitative estimate of drug-likeness (QED) is 0.377. The highest BCUT2D eigenvalue weighted by atomic mass is 19.3. The second-order valence-corrected chi connectivity index (χ2v) is 10.8. The summed E-state index contributed by atoms with van der Waals surface area (Å²) in [4.78, 5) is 30.4. The summed E-state index contributed by atoms with van der Waals surface area (Å²) >= 11 is 0. The highest BCUT2D eigenvalue weighted by Crippen LogP contribution is 2.42. The highest BCUT2D eigenvalue weighted by molar-refractivity contribution is 5.95. The summed E-state index contributed by atoms with van der Waals surface area (Å²) in [6.07, 6.45) is 7.10. The summed E-state index contributed by atoms with van der Waals surface area (Å²) in [7, 11) is 0. The van der Waals surface area contributed by atoms with Crippen LogP contribution in [0.1, 0.15) is 97.6 Å². The number of imidazole rings is 1. The van der Waals surface area contributed by atoms with Crippen LogP contribution in [0, 0.1) is 18.8 Å². The number of hydrogen-bond donors (Lipinski definition) is 2. The van der Waals surface area contributed by atoms with E-state index in [0.29, 0.717) is 42.1 Å². The van der Waals surface area contributed by atoms with Gasteiger partial charge in [0.1, 0.15) is 0 Å². The second-order valence-electron chi connectivity index (χ2n) is 10.8. The molecule has 1 aromatic carbocycles. The average Bonchev–Trinajstić information content (AvgIpc) is 3.64. The van der Waals surface area contributed by atoms with Gasteiger partial charge in [-0.3, -0.25) is 9.59 Å².